The first-order valence-electron chi connectivity index (χ1n) is 9.01. The second-order valence-corrected chi connectivity index (χ2v) is 7.16. The van der Waals surface area contributed by atoms with Crippen molar-refractivity contribution in [2.24, 2.45) is 4.99 Å². The standard InChI is InChI=1S/C18H32N4OS/c1-4-19-18(20-12-15(2)16-7-11-24-14-16)21-13-17-6-5-8-22(17)9-10-23-3/h7,11,14-15,17H,4-6,8-10,12-13H2,1-3H3,(H2,19,20,21). The summed E-state index contributed by atoms with van der Waals surface area (Å²) in [6.07, 6.45) is 2.53. The van der Waals surface area contributed by atoms with Crippen molar-refractivity contribution in [1.29, 1.82) is 0 Å². The normalized spacial score (nSPS) is 20.3. The molecule has 0 spiro atoms. The molecule has 24 heavy (non-hydrogen) atoms. The molecule has 2 heterocycles. The summed E-state index contributed by atoms with van der Waals surface area (Å²) in [6.45, 7) is 9.99. The van der Waals surface area contributed by atoms with Crippen LogP contribution in [-0.4, -0.2) is 63.3 Å². The van der Waals surface area contributed by atoms with Crippen LogP contribution in [0.3, 0.4) is 0 Å². The lowest BCUT2D eigenvalue weighted by Crippen LogP contribution is -2.45. The van der Waals surface area contributed by atoms with Crippen LogP contribution in [0.5, 0.6) is 0 Å². The van der Waals surface area contributed by atoms with E-state index < -0.39 is 0 Å². The molecule has 0 amide bonds. The third kappa shape index (κ3) is 6.07. The summed E-state index contributed by atoms with van der Waals surface area (Å²) in [7, 11) is 1.77. The van der Waals surface area contributed by atoms with Crippen molar-refractivity contribution in [2.45, 2.75) is 38.6 Å². The Labute approximate surface area is 150 Å². The summed E-state index contributed by atoms with van der Waals surface area (Å²) >= 11 is 1.75. The maximum atomic E-state index is 5.22. The van der Waals surface area contributed by atoms with Gasteiger partial charge in [0.15, 0.2) is 5.96 Å². The van der Waals surface area contributed by atoms with Crippen molar-refractivity contribution in [3.05, 3.63) is 22.4 Å². The summed E-state index contributed by atoms with van der Waals surface area (Å²) in [5, 5.41) is 11.2. The molecule has 0 radical (unpaired) electrons. The Morgan fingerprint density at radius 2 is 2.38 bits per heavy atom. The average Bonchev–Trinajstić information content (AvgIpc) is 3.26. The van der Waals surface area contributed by atoms with Gasteiger partial charge in [-0.3, -0.25) is 9.89 Å². The van der Waals surface area contributed by atoms with Crippen LogP contribution in [0.4, 0.5) is 0 Å². The third-order valence-electron chi connectivity index (χ3n) is 4.57. The number of ether oxygens (including phenoxy) is 1. The zero-order chi connectivity index (χ0) is 17.2. The highest BCUT2D eigenvalue weighted by Gasteiger charge is 2.23. The fourth-order valence-electron chi connectivity index (χ4n) is 3.07. The number of thiophene rings is 1. The molecule has 1 aliphatic rings. The van der Waals surface area contributed by atoms with E-state index in [1.54, 1.807) is 18.4 Å². The molecule has 6 heteroatoms. The summed E-state index contributed by atoms with van der Waals surface area (Å²) < 4.78 is 5.22. The zero-order valence-electron chi connectivity index (χ0n) is 15.3. The van der Waals surface area contributed by atoms with Crippen LogP contribution in [-0.2, 0) is 4.74 Å². The molecule has 1 aromatic heterocycles. The van der Waals surface area contributed by atoms with Crippen LogP contribution in [0.1, 0.15) is 38.2 Å². The van der Waals surface area contributed by atoms with Gasteiger partial charge >= 0.3 is 0 Å². The van der Waals surface area contributed by atoms with Crippen molar-refractivity contribution in [2.75, 3.05) is 46.4 Å². The number of hydrogen-bond acceptors (Lipinski definition) is 4. The monoisotopic (exact) mass is 352 g/mol. The largest absolute Gasteiger partial charge is 0.383 e. The quantitative estimate of drug-likeness (QED) is 0.530. The number of likely N-dealkylation sites (tertiary alicyclic amines) is 1. The highest BCUT2D eigenvalue weighted by atomic mass is 32.1. The molecule has 1 aliphatic heterocycles. The number of nitrogens with one attached hydrogen (secondary N) is 2. The highest BCUT2D eigenvalue weighted by molar-refractivity contribution is 7.07. The van der Waals surface area contributed by atoms with Gasteiger partial charge in [-0.25, -0.2) is 0 Å². The first-order valence-corrected chi connectivity index (χ1v) is 9.96. The SMILES string of the molecule is CCNC(=NCC(C)c1ccsc1)NCC1CCCN1CCOC. The van der Waals surface area contributed by atoms with Crippen molar-refractivity contribution < 1.29 is 4.74 Å². The molecule has 1 saturated heterocycles. The molecule has 1 fully saturated rings. The molecule has 0 aliphatic carbocycles. The van der Waals surface area contributed by atoms with Gasteiger partial charge in [0.25, 0.3) is 0 Å². The highest BCUT2D eigenvalue weighted by Crippen LogP contribution is 2.18. The Morgan fingerprint density at radius 3 is 3.08 bits per heavy atom. The second-order valence-electron chi connectivity index (χ2n) is 6.38. The van der Waals surface area contributed by atoms with Gasteiger partial charge in [-0.05, 0) is 48.7 Å². The van der Waals surface area contributed by atoms with Gasteiger partial charge in [0.2, 0.25) is 0 Å². The summed E-state index contributed by atoms with van der Waals surface area (Å²) in [6, 6.07) is 2.77. The minimum absolute atomic E-state index is 0.455. The molecule has 0 saturated carbocycles. The van der Waals surface area contributed by atoms with Crippen LogP contribution >= 0.6 is 11.3 Å². The maximum Gasteiger partial charge on any atom is 0.191 e. The molecule has 2 rings (SSSR count). The molecule has 2 N–H and O–H groups in total. The summed E-state index contributed by atoms with van der Waals surface area (Å²) in [5.41, 5.74) is 1.38. The molecule has 136 valence electrons. The first kappa shape index (κ1) is 19.2. The molecular formula is C18H32N4OS. The Kier molecular flexibility index (Phi) is 8.56. The number of nitrogens with zero attached hydrogens (tertiary/aromatic N) is 2. The van der Waals surface area contributed by atoms with Gasteiger partial charge in [0.1, 0.15) is 0 Å². The smallest absolute Gasteiger partial charge is 0.191 e. The Balaban J connectivity index is 1.82. The van der Waals surface area contributed by atoms with Gasteiger partial charge in [0.05, 0.1) is 6.61 Å². The van der Waals surface area contributed by atoms with E-state index in [9.17, 15) is 0 Å². The van der Waals surface area contributed by atoms with Crippen molar-refractivity contribution in [3.63, 3.8) is 0 Å². The molecule has 2 unspecified atom stereocenters. The van der Waals surface area contributed by atoms with Crippen LogP contribution in [0, 0.1) is 0 Å². The van der Waals surface area contributed by atoms with Gasteiger partial charge in [0, 0.05) is 45.2 Å². The number of guanidine groups is 1. The molecule has 1 aromatic rings. The predicted octanol–water partition coefficient (Wildman–Crippen LogP) is 2.52. The number of aliphatic imine (C=N–C) groups is 1. The van der Waals surface area contributed by atoms with Crippen molar-refractivity contribution >= 4 is 17.3 Å². The first-order chi connectivity index (χ1) is 11.7. The third-order valence-corrected chi connectivity index (χ3v) is 5.27. The van der Waals surface area contributed by atoms with Gasteiger partial charge in [-0.1, -0.05) is 6.92 Å². The Morgan fingerprint density at radius 1 is 1.50 bits per heavy atom. The minimum atomic E-state index is 0.455. The van der Waals surface area contributed by atoms with Crippen molar-refractivity contribution in [3.8, 4) is 0 Å². The molecule has 2 atom stereocenters. The van der Waals surface area contributed by atoms with E-state index in [-0.39, 0.29) is 0 Å². The van der Waals surface area contributed by atoms with Crippen LogP contribution in [0.15, 0.2) is 21.8 Å². The Hall–Kier alpha value is -1.11. The maximum absolute atomic E-state index is 5.22. The zero-order valence-corrected chi connectivity index (χ0v) is 16.1. The lowest BCUT2D eigenvalue weighted by atomic mass is 10.1. The van der Waals surface area contributed by atoms with E-state index in [4.69, 9.17) is 9.73 Å². The number of hydrogen-bond donors (Lipinski definition) is 2. The van der Waals surface area contributed by atoms with Gasteiger partial charge in [-0.15, -0.1) is 0 Å². The van der Waals surface area contributed by atoms with E-state index >= 15 is 0 Å². The van der Waals surface area contributed by atoms with E-state index in [0.29, 0.717) is 12.0 Å². The average molecular weight is 353 g/mol. The predicted molar refractivity (Wildman–Crippen MR) is 103 cm³/mol. The molecule has 0 bridgehead atoms. The van der Waals surface area contributed by atoms with Crippen LogP contribution in [0.25, 0.3) is 0 Å². The summed E-state index contributed by atoms with van der Waals surface area (Å²) in [4.78, 5) is 7.30. The Bertz CT molecular complexity index is 477. The van der Waals surface area contributed by atoms with Crippen LogP contribution < -0.4 is 10.6 Å². The molecule has 0 aromatic carbocycles. The van der Waals surface area contributed by atoms with E-state index in [0.717, 1.165) is 38.7 Å². The van der Waals surface area contributed by atoms with E-state index in [2.05, 4.69) is 46.2 Å². The minimum Gasteiger partial charge on any atom is -0.383 e. The van der Waals surface area contributed by atoms with Gasteiger partial charge in [-0.2, -0.15) is 11.3 Å². The van der Waals surface area contributed by atoms with E-state index in [1.807, 2.05) is 0 Å². The van der Waals surface area contributed by atoms with Crippen molar-refractivity contribution in [1.82, 2.24) is 15.5 Å². The van der Waals surface area contributed by atoms with Gasteiger partial charge < -0.3 is 15.4 Å². The fraction of sp³-hybridized carbons (Fsp3) is 0.722. The lowest BCUT2D eigenvalue weighted by Gasteiger charge is -2.25. The topological polar surface area (TPSA) is 48.9 Å². The molecule has 5 nitrogen and oxygen atoms in total. The lowest BCUT2D eigenvalue weighted by molar-refractivity contribution is 0.141. The number of rotatable bonds is 9. The number of methoxy groups -OCH3 is 1. The fourth-order valence-corrected chi connectivity index (χ4v) is 3.86. The molecular weight excluding hydrogens is 320 g/mol. The van der Waals surface area contributed by atoms with E-state index in [1.165, 1.54) is 24.9 Å². The second kappa shape index (κ2) is 10.7. The van der Waals surface area contributed by atoms with Crippen LogP contribution in [0.2, 0.25) is 0 Å². The summed E-state index contributed by atoms with van der Waals surface area (Å²) in [5.74, 6) is 1.38.